The second-order valence-electron chi connectivity index (χ2n) is 15.4. The largest absolute Gasteiger partial charge is 0.508 e. The maximum Gasteiger partial charge on any atom is 0.331 e. The highest BCUT2D eigenvalue weighted by molar-refractivity contribution is 5.82. The van der Waals surface area contributed by atoms with Crippen molar-refractivity contribution in [3.63, 3.8) is 0 Å². The number of aliphatic hydroxyl groups excluding tert-OH is 7. The third kappa shape index (κ3) is 14.9. The Bertz CT molecular complexity index is 1510. The van der Waals surface area contributed by atoms with Gasteiger partial charge in [0.05, 0.1) is 19.3 Å². The van der Waals surface area contributed by atoms with Gasteiger partial charge in [-0.2, -0.15) is 0 Å². The molecule has 2 aliphatic rings. The minimum absolute atomic E-state index is 0.0428. The first-order chi connectivity index (χ1) is 28.2. The second-order valence-corrected chi connectivity index (χ2v) is 15.4. The van der Waals surface area contributed by atoms with Gasteiger partial charge in [0.15, 0.2) is 12.4 Å². The van der Waals surface area contributed by atoms with Crippen LogP contribution in [0.3, 0.4) is 0 Å². The van der Waals surface area contributed by atoms with Crippen LogP contribution in [0, 0.1) is 11.8 Å². The molecule has 16 nitrogen and oxygen atoms in total. The lowest BCUT2D eigenvalue weighted by Crippen LogP contribution is -2.64. The maximum atomic E-state index is 13.3. The lowest BCUT2D eigenvalue weighted by atomic mass is 9.88. The number of aliphatic hydroxyl groups is 7. The van der Waals surface area contributed by atoms with Crippen LogP contribution in [-0.4, -0.2) is 132 Å². The van der Waals surface area contributed by atoms with E-state index in [2.05, 4.69) is 26.0 Å². The number of phenolic OH excluding ortho intramolecular Hbond substituents is 2. The van der Waals surface area contributed by atoms with Crippen molar-refractivity contribution in [3.8, 4) is 11.5 Å². The summed E-state index contributed by atoms with van der Waals surface area (Å²) in [5, 5.41) is 95.9. The number of carbonyl (C=O) groups excluding carboxylic acids is 2. The van der Waals surface area contributed by atoms with Crippen LogP contribution < -0.4 is 0 Å². The van der Waals surface area contributed by atoms with E-state index >= 15 is 0 Å². The predicted molar refractivity (Wildman–Crippen MR) is 213 cm³/mol. The summed E-state index contributed by atoms with van der Waals surface area (Å²) in [4.78, 5) is 25.5. The van der Waals surface area contributed by atoms with E-state index in [9.17, 15) is 55.5 Å². The van der Waals surface area contributed by atoms with E-state index < -0.39 is 111 Å². The number of carbonyl (C=O) groups is 2. The van der Waals surface area contributed by atoms with Crippen molar-refractivity contribution >= 4 is 11.9 Å². The second kappa shape index (κ2) is 25.4. The fourth-order valence-electron chi connectivity index (χ4n) is 6.89. The van der Waals surface area contributed by atoms with Crippen LogP contribution in [0.5, 0.6) is 11.5 Å². The van der Waals surface area contributed by atoms with Gasteiger partial charge < -0.3 is 69.6 Å². The Kier molecular flexibility index (Phi) is 21.5. The molecule has 3 rings (SSSR count). The van der Waals surface area contributed by atoms with E-state index in [-0.39, 0.29) is 23.5 Å². The smallest absolute Gasteiger partial charge is 0.331 e. The Labute approximate surface area is 346 Å². The lowest BCUT2D eigenvalue weighted by Gasteiger charge is -2.47. The molecule has 2 saturated heterocycles. The molecule has 13 atom stereocenters. The molecule has 2 heterocycles. The Hall–Kier alpha value is -3.42. The van der Waals surface area contributed by atoms with Gasteiger partial charge in [0, 0.05) is 24.1 Å². The molecule has 2 fully saturated rings. The number of allylic oxidation sites excluding steroid dienone is 4. The van der Waals surface area contributed by atoms with Crippen LogP contribution in [0.15, 0.2) is 48.6 Å². The highest BCUT2D eigenvalue weighted by Crippen LogP contribution is 2.42. The fraction of sp³-hybridized carbons (Fsp3) is 0.674. The summed E-state index contributed by atoms with van der Waals surface area (Å²) in [7, 11) is 0. The molecule has 9 N–H and O–H groups in total. The van der Waals surface area contributed by atoms with Gasteiger partial charge >= 0.3 is 11.9 Å². The molecule has 0 saturated carbocycles. The molecular weight excluding hydrogens is 772 g/mol. The zero-order valence-corrected chi connectivity index (χ0v) is 34.5. The van der Waals surface area contributed by atoms with Crippen LogP contribution in [0.1, 0.15) is 103 Å². The number of hydrogen-bond acceptors (Lipinski definition) is 16. The minimum Gasteiger partial charge on any atom is -0.508 e. The zero-order valence-electron chi connectivity index (χ0n) is 34.5. The summed E-state index contributed by atoms with van der Waals surface area (Å²) < 4.78 is 28.6. The number of phenols is 2. The van der Waals surface area contributed by atoms with Gasteiger partial charge in [-0.3, -0.25) is 4.79 Å². The number of esters is 2. The minimum atomic E-state index is -1.93. The van der Waals surface area contributed by atoms with E-state index in [0.717, 1.165) is 56.7 Å². The molecule has 13 unspecified atom stereocenters. The van der Waals surface area contributed by atoms with E-state index in [0.29, 0.717) is 18.8 Å². The first kappa shape index (κ1) is 49.9. The summed E-state index contributed by atoms with van der Waals surface area (Å²) >= 11 is 0. The normalized spacial score (nSPS) is 29.2. The molecule has 0 bridgehead atoms. The molecule has 334 valence electrons. The molecule has 0 radical (unpaired) electrons. The first-order valence-electron chi connectivity index (χ1n) is 20.7. The molecule has 2 aliphatic heterocycles. The Morgan fingerprint density at radius 1 is 0.881 bits per heavy atom. The summed E-state index contributed by atoms with van der Waals surface area (Å²) in [5.41, 5.74) is -0.235. The van der Waals surface area contributed by atoms with Crippen molar-refractivity contribution in [3.05, 3.63) is 59.7 Å². The third-order valence-electron chi connectivity index (χ3n) is 10.8. The molecule has 0 amide bonds. The van der Waals surface area contributed by atoms with Gasteiger partial charge in [0.1, 0.15) is 66.9 Å². The van der Waals surface area contributed by atoms with Crippen molar-refractivity contribution in [1.82, 2.24) is 0 Å². The summed E-state index contributed by atoms with van der Waals surface area (Å²) in [6, 6.07) is 2.06. The van der Waals surface area contributed by atoms with Gasteiger partial charge in [-0.15, -0.1) is 0 Å². The van der Waals surface area contributed by atoms with Crippen molar-refractivity contribution < 1.29 is 79.2 Å². The van der Waals surface area contributed by atoms with E-state index in [1.165, 1.54) is 12.2 Å². The van der Waals surface area contributed by atoms with Gasteiger partial charge in [0.2, 0.25) is 0 Å². The maximum absolute atomic E-state index is 13.3. The Balaban J connectivity index is 1.80. The van der Waals surface area contributed by atoms with E-state index in [1.54, 1.807) is 6.08 Å². The quantitative estimate of drug-likeness (QED) is 0.0252. The van der Waals surface area contributed by atoms with E-state index in [1.807, 2.05) is 13.8 Å². The fourth-order valence-corrected chi connectivity index (χ4v) is 6.89. The molecule has 0 aromatic heterocycles. The molecule has 0 spiro atoms. The molecular formula is C43H66O16. The van der Waals surface area contributed by atoms with Crippen molar-refractivity contribution in [1.29, 1.82) is 0 Å². The monoisotopic (exact) mass is 838 g/mol. The zero-order chi connectivity index (χ0) is 43.6. The average molecular weight is 839 g/mol. The Morgan fingerprint density at radius 3 is 2.31 bits per heavy atom. The standard InChI is InChI=1S/C43H66O16/c1-5-7-10-18-33(49)55-24-32-36(51)37(52)38(53)43(57-32)59-40-31(23-45)56-41(35-27(22-44)20-28(46)21-30(35)48)39(54)42(40)58-34(50)19-14-9-13-17-29(47)26(4)16-12-8-11-15-25(3)6-2/h9,11,13-15,19-21,25-26,29,31-32,36-48,51-54H,5-8,10,12,16-18,22-24H2,1-4H3. The highest BCUT2D eigenvalue weighted by Gasteiger charge is 2.53. The van der Waals surface area contributed by atoms with Gasteiger partial charge in [-0.1, -0.05) is 77.3 Å². The summed E-state index contributed by atoms with van der Waals surface area (Å²) in [6.45, 7) is 6.16. The molecule has 16 heteroatoms. The number of rotatable bonds is 23. The van der Waals surface area contributed by atoms with Crippen LogP contribution in [0.25, 0.3) is 0 Å². The molecule has 1 aromatic carbocycles. The van der Waals surface area contributed by atoms with Crippen molar-refractivity contribution in [2.24, 2.45) is 11.8 Å². The number of hydrogen-bond donors (Lipinski definition) is 9. The number of unbranched alkanes of at least 4 members (excludes halogenated alkanes) is 3. The van der Waals surface area contributed by atoms with Crippen LogP contribution in [0.2, 0.25) is 0 Å². The van der Waals surface area contributed by atoms with Gasteiger partial charge in [-0.25, -0.2) is 4.79 Å². The highest BCUT2D eigenvalue weighted by atomic mass is 16.7. The lowest BCUT2D eigenvalue weighted by molar-refractivity contribution is -0.343. The van der Waals surface area contributed by atoms with Crippen LogP contribution in [-0.2, 0) is 39.9 Å². The number of ether oxygens (including phenoxy) is 5. The van der Waals surface area contributed by atoms with E-state index in [4.69, 9.17) is 23.7 Å². The van der Waals surface area contributed by atoms with Crippen molar-refractivity contribution in [2.75, 3.05) is 13.2 Å². The average Bonchev–Trinajstić information content (AvgIpc) is 3.21. The first-order valence-corrected chi connectivity index (χ1v) is 20.7. The molecule has 1 aromatic rings. The number of benzene rings is 1. The van der Waals surface area contributed by atoms with Gasteiger partial charge in [0.25, 0.3) is 0 Å². The SMILES string of the molecule is CCCCCC(=O)OCC1OC(OC2C(CO)OC(c3c(O)cc(O)cc3CO)C(O)C2OC(=O)C=CC=CCC(O)C(C)CCCC=CC(C)CC)C(O)C(O)C1O. The number of aromatic hydroxyl groups is 2. The third-order valence-corrected chi connectivity index (χ3v) is 10.8. The topological polar surface area (TPSA) is 262 Å². The molecule has 0 aliphatic carbocycles. The summed E-state index contributed by atoms with van der Waals surface area (Å²) in [5.74, 6) is -1.99. The van der Waals surface area contributed by atoms with Crippen LogP contribution >= 0.6 is 0 Å². The Morgan fingerprint density at radius 2 is 1.63 bits per heavy atom. The van der Waals surface area contributed by atoms with Crippen LogP contribution in [0.4, 0.5) is 0 Å². The van der Waals surface area contributed by atoms with Crippen molar-refractivity contribution in [2.45, 2.75) is 159 Å². The predicted octanol–water partition coefficient (Wildman–Crippen LogP) is 2.88. The molecule has 59 heavy (non-hydrogen) atoms. The summed E-state index contributed by atoms with van der Waals surface area (Å²) in [6.07, 6.45) is -1.19. The van der Waals surface area contributed by atoms with Gasteiger partial charge in [-0.05, 0) is 55.6 Å².